The van der Waals surface area contributed by atoms with E-state index in [1.165, 1.54) is 12.1 Å². The summed E-state index contributed by atoms with van der Waals surface area (Å²) in [7, 11) is 0.523. The third kappa shape index (κ3) is 3.92. The largest absolute Gasteiger partial charge is 0.521 e. The van der Waals surface area contributed by atoms with E-state index in [-0.39, 0.29) is 5.02 Å². The Morgan fingerprint density at radius 3 is 2.23 bits per heavy atom. The van der Waals surface area contributed by atoms with Gasteiger partial charge in [0.2, 0.25) is 0 Å². The fourth-order valence-corrected chi connectivity index (χ4v) is 3.18. The molecular weight excluding hydrogens is 254 g/mol. The van der Waals surface area contributed by atoms with E-state index in [1.807, 2.05) is 0 Å². The van der Waals surface area contributed by atoms with Crippen LogP contribution >= 0.6 is 29.9 Å². The highest BCUT2D eigenvalue weighted by Crippen LogP contribution is 2.35. The zero-order valence-corrected chi connectivity index (χ0v) is 9.41. The molecule has 1 aromatic rings. The lowest BCUT2D eigenvalue weighted by Crippen LogP contribution is -1.81. The summed E-state index contributed by atoms with van der Waals surface area (Å²) < 4.78 is 0. The van der Waals surface area contributed by atoms with Gasteiger partial charge in [-0.2, -0.15) is 0 Å². The Hall–Kier alpha value is 0.330. The van der Waals surface area contributed by atoms with Gasteiger partial charge in [-0.05, 0) is 12.1 Å². The maximum absolute atomic E-state index is 8.76. The van der Waals surface area contributed by atoms with Crippen LogP contribution in [0.5, 0.6) is 0 Å². The summed E-state index contributed by atoms with van der Waals surface area (Å²) in [6, 6.07) is 4.51. The SMILES string of the molecule is OP(O)(O)=[S+]c1ccc(Cl)cc1Cl. The van der Waals surface area contributed by atoms with Crippen LogP contribution in [0.25, 0.3) is 0 Å². The minimum atomic E-state index is -3.89. The van der Waals surface area contributed by atoms with Crippen molar-refractivity contribution in [2.24, 2.45) is 0 Å². The van der Waals surface area contributed by atoms with Crippen molar-refractivity contribution in [3.63, 3.8) is 0 Å². The van der Waals surface area contributed by atoms with E-state index in [1.54, 1.807) is 6.07 Å². The van der Waals surface area contributed by atoms with E-state index < -0.39 is 6.72 Å². The standard InChI is InChI=1S/C6H6Cl2O3PS/c7-4-1-2-6(5(8)3-4)13-12(9,10)11/h1-3,9-11H/q+1. The molecule has 0 unspecified atom stereocenters. The van der Waals surface area contributed by atoms with Gasteiger partial charge in [0.25, 0.3) is 15.8 Å². The first kappa shape index (κ1) is 11.4. The third-order valence-electron chi connectivity index (χ3n) is 1.11. The molecule has 0 heterocycles. The van der Waals surface area contributed by atoms with Crippen molar-refractivity contribution in [1.29, 1.82) is 0 Å². The molecule has 0 aliphatic rings. The molecule has 7 heteroatoms. The zero-order valence-electron chi connectivity index (χ0n) is 6.19. The summed E-state index contributed by atoms with van der Waals surface area (Å²) in [5.74, 6) is 0. The molecule has 0 aliphatic carbocycles. The number of hydrogen-bond acceptors (Lipinski definition) is 0. The van der Waals surface area contributed by atoms with E-state index in [2.05, 4.69) is 0 Å². The van der Waals surface area contributed by atoms with Gasteiger partial charge in [0, 0.05) is 11.1 Å². The second-order valence-corrected chi connectivity index (χ2v) is 6.69. The van der Waals surface area contributed by atoms with Crippen molar-refractivity contribution in [2.45, 2.75) is 4.90 Å². The first-order chi connectivity index (χ1) is 5.88. The van der Waals surface area contributed by atoms with Crippen molar-refractivity contribution in [2.75, 3.05) is 0 Å². The Labute approximate surface area is 88.8 Å². The molecule has 1 aromatic carbocycles. The number of hydrogen-bond donors (Lipinski definition) is 3. The van der Waals surface area contributed by atoms with Gasteiger partial charge in [0.05, 0.1) is 0 Å². The average Bonchev–Trinajstić information content (AvgIpc) is 1.93. The fraction of sp³-hybridized carbons (Fsp3) is 0. The second-order valence-electron chi connectivity index (χ2n) is 2.18. The van der Waals surface area contributed by atoms with E-state index in [9.17, 15) is 0 Å². The molecule has 0 saturated heterocycles. The monoisotopic (exact) mass is 259 g/mol. The van der Waals surface area contributed by atoms with Crippen molar-refractivity contribution < 1.29 is 14.7 Å². The number of rotatable bonds is 1. The minimum Gasteiger partial charge on any atom is -0.289 e. The van der Waals surface area contributed by atoms with Crippen molar-refractivity contribution >= 4 is 40.9 Å². The van der Waals surface area contributed by atoms with Gasteiger partial charge < -0.3 is 0 Å². The van der Waals surface area contributed by atoms with Crippen molar-refractivity contribution in [1.82, 2.24) is 0 Å². The molecule has 3 nitrogen and oxygen atoms in total. The summed E-state index contributed by atoms with van der Waals surface area (Å²) in [6.45, 7) is -3.89. The Morgan fingerprint density at radius 2 is 1.77 bits per heavy atom. The van der Waals surface area contributed by atoms with Crippen LogP contribution in [0.3, 0.4) is 0 Å². The van der Waals surface area contributed by atoms with Gasteiger partial charge in [-0.1, -0.05) is 23.2 Å². The van der Waals surface area contributed by atoms with Gasteiger partial charge in [0.1, 0.15) is 5.02 Å². The van der Waals surface area contributed by atoms with Crippen LogP contribution in [0, 0.1) is 0 Å². The Balaban J connectivity index is 3.18. The normalized spacial score (nSPS) is 11.5. The number of benzene rings is 1. The van der Waals surface area contributed by atoms with Crippen LogP contribution in [-0.4, -0.2) is 14.7 Å². The molecule has 13 heavy (non-hydrogen) atoms. The lowest BCUT2D eigenvalue weighted by Gasteiger charge is -1.91. The Kier molecular flexibility index (Phi) is 3.72. The molecule has 0 fully saturated rings. The first-order valence-corrected chi connectivity index (χ1v) is 6.93. The summed E-state index contributed by atoms with van der Waals surface area (Å²) in [4.78, 5) is 26.7. The van der Waals surface area contributed by atoms with Crippen LogP contribution in [-0.2, 0) is 10.9 Å². The highest BCUT2D eigenvalue weighted by atomic mass is 35.5. The molecule has 72 valence electrons. The molecule has 0 aliphatic heterocycles. The van der Waals surface area contributed by atoms with Crippen LogP contribution in [0.1, 0.15) is 0 Å². The van der Waals surface area contributed by atoms with E-state index in [4.69, 9.17) is 37.9 Å². The van der Waals surface area contributed by atoms with Crippen LogP contribution in [0.2, 0.25) is 10.0 Å². The summed E-state index contributed by atoms with van der Waals surface area (Å²) in [5.41, 5.74) is 0. The van der Waals surface area contributed by atoms with Crippen LogP contribution < -0.4 is 0 Å². The Bertz CT molecular complexity index is 368. The molecule has 0 aromatic heterocycles. The first-order valence-electron chi connectivity index (χ1n) is 3.10. The Morgan fingerprint density at radius 1 is 1.15 bits per heavy atom. The summed E-state index contributed by atoms with van der Waals surface area (Å²) >= 11 is 11.3. The highest BCUT2D eigenvalue weighted by Gasteiger charge is 2.23. The van der Waals surface area contributed by atoms with Gasteiger partial charge in [-0.3, -0.25) is 14.7 Å². The maximum atomic E-state index is 8.76. The smallest absolute Gasteiger partial charge is 0.289 e. The molecule has 0 radical (unpaired) electrons. The fourth-order valence-electron chi connectivity index (χ4n) is 0.681. The highest BCUT2D eigenvalue weighted by molar-refractivity contribution is 8.16. The van der Waals surface area contributed by atoms with E-state index in [0.29, 0.717) is 20.9 Å². The molecule has 0 saturated carbocycles. The topological polar surface area (TPSA) is 60.7 Å². The molecule has 0 bridgehead atoms. The molecule has 0 spiro atoms. The summed E-state index contributed by atoms with van der Waals surface area (Å²) in [5, 5.41) is 0.728. The van der Waals surface area contributed by atoms with Gasteiger partial charge >= 0.3 is 6.72 Å². The molecule has 1 rings (SSSR count). The van der Waals surface area contributed by atoms with Gasteiger partial charge in [-0.15, -0.1) is 0 Å². The van der Waals surface area contributed by atoms with Crippen molar-refractivity contribution in [3.8, 4) is 0 Å². The van der Waals surface area contributed by atoms with Gasteiger partial charge in [0.15, 0.2) is 0 Å². The van der Waals surface area contributed by atoms with Crippen LogP contribution in [0.4, 0.5) is 0 Å². The number of halogens is 2. The van der Waals surface area contributed by atoms with Crippen LogP contribution in [0.15, 0.2) is 23.1 Å². The molecule has 3 N–H and O–H groups in total. The van der Waals surface area contributed by atoms with E-state index >= 15 is 0 Å². The average molecular weight is 260 g/mol. The zero-order chi connectivity index (χ0) is 10.1. The summed E-state index contributed by atoms with van der Waals surface area (Å²) in [6.07, 6.45) is 0. The molecule has 0 atom stereocenters. The molecular formula is C6H6Cl2O3PS+. The quantitative estimate of drug-likeness (QED) is 0.535. The maximum Gasteiger partial charge on any atom is 0.521 e. The van der Waals surface area contributed by atoms with E-state index in [0.717, 1.165) is 0 Å². The second kappa shape index (κ2) is 4.24. The third-order valence-corrected chi connectivity index (χ3v) is 3.90. The molecule has 0 amide bonds. The van der Waals surface area contributed by atoms with Crippen molar-refractivity contribution in [3.05, 3.63) is 28.2 Å². The predicted octanol–water partition coefficient (Wildman–Crippen LogP) is 2.09. The predicted molar refractivity (Wildman–Crippen MR) is 55.7 cm³/mol. The lowest BCUT2D eigenvalue weighted by atomic mass is 10.4. The minimum absolute atomic E-state index is 0.277. The van der Waals surface area contributed by atoms with Gasteiger partial charge in [-0.25, -0.2) is 0 Å². The lowest BCUT2D eigenvalue weighted by molar-refractivity contribution is 0.363.